The quantitative estimate of drug-likeness (QED) is 0.658. The Morgan fingerprint density at radius 2 is 2.13 bits per heavy atom. The number of aliphatic carboxylic acids is 1. The molecule has 0 spiro atoms. The summed E-state index contributed by atoms with van der Waals surface area (Å²) in [6, 6.07) is -1.10. The Labute approximate surface area is 92.6 Å². The fourth-order valence-electron chi connectivity index (χ4n) is 1.39. The number of carboxylic acids is 1. The monoisotopic (exact) mass is 233 g/mol. The minimum atomic E-state index is -0.958. The van der Waals surface area contributed by atoms with E-state index in [1.54, 1.807) is 14.1 Å². The Hall–Kier alpha value is -0.950. The van der Waals surface area contributed by atoms with E-state index in [-0.39, 0.29) is 11.4 Å². The van der Waals surface area contributed by atoms with Gasteiger partial charge in [0.15, 0.2) is 0 Å². The van der Waals surface area contributed by atoms with Gasteiger partial charge in [0.05, 0.1) is 5.37 Å². The number of amides is 2. The molecule has 0 saturated carbocycles. The second-order valence-corrected chi connectivity index (χ2v) is 4.85. The van der Waals surface area contributed by atoms with Gasteiger partial charge in [0, 0.05) is 19.8 Å². The molecule has 6 nitrogen and oxygen atoms in total. The van der Waals surface area contributed by atoms with Crippen molar-refractivity contribution in [3.05, 3.63) is 0 Å². The van der Waals surface area contributed by atoms with Crippen molar-refractivity contribution in [1.29, 1.82) is 0 Å². The number of rotatable bonds is 2. The lowest BCUT2D eigenvalue weighted by Gasteiger charge is -2.26. The van der Waals surface area contributed by atoms with E-state index in [9.17, 15) is 9.59 Å². The van der Waals surface area contributed by atoms with Crippen LogP contribution >= 0.6 is 11.8 Å². The average molecular weight is 233 g/mol. The molecule has 0 aliphatic carbocycles. The normalized spacial score (nSPS) is 25.7. The number of hydrogen-bond donors (Lipinski definition) is 2. The maximum Gasteiger partial charge on any atom is 0.333 e. The van der Waals surface area contributed by atoms with Crippen LogP contribution in [-0.2, 0) is 4.79 Å². The summed E-state index contributed by atoms with van der Waals surface area (Å²) in [6.45, 7) is 1.82. The highest BCUT2D eigenvalue weighted by molar-refractivity contribution is 8.00. The first-order chi connectivity index (χ1) is 6.93. The van der Waals surface area contributed by atoms with Crippen molar-refractivity contribution < 1.29 is 14.7 Å². The van der Waals surface area contributed by atoms with Crippen LogP contribution in [0.2, 0.25) is 0 Å². The molecular formula is C8H15N3O3S. The zero-order valence-electron chi connectivity index (χ0n) is 8.93. The summed E-state index contributed by atoms with van der Waals surface area (Å²) >= 11 is 1.46. The Morgan fingerprint density at radius 1 is 1.53 bits per heavy atom. The van der Waals surface area contributed by atoms with Crippen molar-refractivity contribution in [3.8, 4) is 0 Å². The summed E-state index contributed by atoms with van der Waals surface area (Å²) < 4.78 is 0. The van der Waals surface area contributed by atoms with Gasteiger partial charge in [-0.25, -0.2) is 14.6 Å². The third-order valence-corrected chi connectivity index (χ3v) is 3.28. The van der Waals surface area contributed by atoms with Crippen molar-refractivity contribution in [2.45, 2.75) is 18.3 Å². The van der Waals surface area contributed by atoms with Gasteiger partial charge >= 0.3 is 12.0 Å². The molecule has 2 unspecified atom stereocenters. The minimum absolute atomic E-state index is 0.106. The van der Waals surface area contributed by atoms with E-state index in [0.717, 1.165) is 0 Å². The molecule has 0 aromatic carbocycles. The summed E-state index contributed by atoms with van der Waals surface area (Å²) in [5.41, 5.74) is 2.54. The Kier molecular flexibility index (Phi) is 3.81. The van der Waals surface area contributed by atoms with Crippen LogP contribution in [0.1, 0.15) is 6.92 Å². The Bertz CT molecular complexity index is 272. The predicted octanol–water partition coefficient (Wildman–Crippen LogP) is 0.0206. The first-order valence-corrected chi connectivity index (χ1v) is 5.59. The summed E-state index contributed by atoms with van der Waals surface area (Å²) in [5, 5.41) is 10.3. The molecule has 15 heavy (non-hydrogen) atoms. The fraction of sp³-hybridized carbons (Fsp3) is 0.750. The van der Waals surface area contributed by atoms with Gasteiger partial charge in [-0.3, -0.25) is 10.3 Å². The molecule has 2 amide bonds. The van der Waals surface area contributed by atoms with Crippen molar-refractivity contribution in [2.24, 2.45) is 0 Å². The van der Waals surface area contributed by atoms with Crippen LogP contribution in [0.25, 0.3) is 0 Å². The second-order valence-electron chi connectivity index (χ2n) is 3.51. The number of hydrazine groups is 1. The number of carbonyl (C=O) groups is 2. The van der Waals surface area contributed by atoms with Gasteiger partial charge in [-0.2, -0.15) is 0 Å². The third-order valence-electron chi connectivity index (χ3n) is 2.06. The van der Waals surface area contributed by atoms with Gasteiger partial charge in [-0.05, 0) is 6.92 Å². The third kappa shape index (κ3) is 2.75. The molecule has 0 bridgehead atoms. The molecule has 0 aromatic rings. The summed E-state index contributed by atoms with van der Waals surface area (Å²) in [4.78, 5) is 23.9. The molecule has 1 heterocycles. The van der Waals surface area contributed by atoms with E-state index < -0.39 is 12.0 Å². The average Bonchev–Trinajstić information content (AvgIpc) is 2.45. The number of urea groups is 1. The van der Waals surface area contributed by atoms with Gasteiger partial charge < -0.3 is 5.11 Å². The summed E-state index contributed by atoms with van der Waals surface area (Å²) in [7, 11) is 3.36. The van der Waals surface area contributed by atoms with Crippen molar-refractivity contribution in [3.63, 3.8) is 0 Å². The largest absolute Gasteiger partial charge is 0.480 e. The molecular weight excluding hydrogens is 218 g/mol. The standard InChI is InChI=1S/C8H15N3O3S/c1-5-11(8(14)9-10(2)3)6(4-15-5)7(12)13/h5-6H,4H2,1-3H3,(H,9,14)(H,12,13). The number of carbonyl (C=O) groups excluding carboxylic acids is 1. The number of nitrogens with zero attached hydrogens (tertiary/aromatic N) is 2. The van der Waals surface area contributed by atoms with Crippen LogP contribution < -0.4 is 5.43 Å². The van der Waals surface area contributed by atoms with E-state index in [1.807, 2.05) is 6.92 Å². The number of carboxylic acid groups (broad SMARTS) is 1. The van der Waals surface area contributed by atoms with Crippen LogP contribution in [0.4, 0.5) is 4.79 Å². The molecule has 86 valence electrons. The SMILES string of the molecule is CC1SCC(C(=O)O)N1C(=O)NN(C)C. The zero-order chi connectivity index (χ0) is 11.6. The Balaban J connectivity index is 2.71. The topological polar surface area (TPSA) is 72.9 Å². The lowest BCUT2D eigenvalue weighted by Crippen LogP contribution is -2.52. The van der Waals surface area contributed by atoms with E-state index in [1.165, 1.54) is 21.7 Å². The molecule has 2 atom stereocenters. The van der Waals surface area contributed by atoms with Gasteiger partial charge in [-0.1, -0.05) is 0 Å². The van der Waals surface area contributed by atoms with Gasteiger partial charge in [0.1, 0.15) is 6.04 Å². The molecule has 1 aliphatic heterocycles. The molecule has 1 saturated heterocycles. The summed E-state index contributed by atoms with van der Waals surface area (Å²) in [5.74, 6) is -0.516. The van der Waals surface area contributed by atoms with E-state index in [2.05, 4.69) is 5.43 Å². The van der Waals surface area contributed by atoms with E-state index in [4.69, 9.17) is 5.11 Å². The van der Waals surface area contributed by atoms with Crippen LogP contribution in [0.5, 0.6) is 0 Å². The van der Waals surface area contributed by atoms with E-state index in [0.29, 0.717) is 5.75 Å². The molecule has 7 heteroatoms. The molecule has 0 radical (unpaired) electrons. The highest BCUT2D eigenvalue weighted by Gasteiger charge is 2.39. The molecule has 1 aliphatic rings. The van der Waals surface area contributed by atoms with Crippen LogP contribution in [0, 0.1) is 0 Å². The number of thioether (sulfide) groups is 1. The van der Waals surface area contributed by atoms with Crippen LogP contribution in [0.3, 0.4) is 0 Å². The van der Waals surface area contributed by atoms with Crippen LogP contribution in [0.15, 0.2) is 0 Å². The molecule has 0 aromatic heterocycles. The van der Waals surface area contributed by atoms with Crippen molar-refractivity contribution in [2.75, 3.05) is 19.8 Å². The number of nitrogens with one attached hydrogen (secondary N) is 1. The predicted molar refractivity (Wildman–Crippen MR) is 57.4 cm³/mol. The summed E-state index contributed by atoms with van der Waals surface area (Å²) in [6.07, 6.45) is 0. The smallest absolute Gasteiger partial charge is 0.333 e. The zero-order valence-corrected chi connectivity index (χ0v) is 9.74. The molecule has 2 N–H and O–H groups in total. The van der Waals surface area contributed by atoms with Crippen LogP contribution in [-0.4, -0.2) is 58.3 Å². The molecule has 1 fully saturated rings. The fourth-order valence-corrected chi connectivity index (χ4v) is 2.56. The van der Waals surface area contributed by atoms with Crippen molar-refractivity contribution in [1.82, 2.24) is 15.3 Å². The first-order valence-electron chi connectivity index (χ1n) is 4.54. The Morgan fingerprint density at radius 3 is 2.60 bits per heavy atom. The number of hydrogen-bond acceptors (Lipinski definition) is 4. The van der Waals surface area contributed by atoms with Gasteiger partial charge in [0.2, 0.25) is 0 Å². The van der Waals surface area contributed by atoms with Gasteiger partial charge in [0.25, 0.3) is 0 Å². The van der Waals surface area contributed by atoms with Gasteiger partial charge in [-0.15, -0.1) is 11.8 Å². The first kappa shape index (κ1) is 12.1. The minimum Gasteiger partial charge on any atom is -0.480 e. The molecule has 1 rings (SSSR count). The van der Waals surface area contributed by atoms with E-state index >= 15 is 0 Å². The maximum atomic E-state index is 11.7. The highest BCUT2D eigenvalue weighted by atomic mass is 32.2. The second kappa shape index (κ2) is 4.71. The lowest BCUT2D eigenvalue weighted by atomic mass is 10.3. The highest BCUT2D eigenvalue weighted by Crippen LogP contribution is 2.28. The maximum absolute atomic E-state index is 11.7. The van der Waals surface area contributed by atoms with Crippen molar-refractivity contribution >= 4 is 23.8 Å². The lowest BCUT2D eigenvalue weighted by molar-refractivity contribution is -0.141.